The van der Waals surface area contributed by atoms with E-state index in [0.717, 1.165) is 5.56 Å². The van der Waals surface area contributed by atoms with Gasteiger partial charge in [0.1, 0.15) is 0 Å². The molecule has 1 aromatic carbocycles. The van der Waals surface area contributed by atoms with Crippen molar-refractivity contribution in [2.75, 3.05) is 7.11 Å². The summed E-state index contributed by atoms with van der Waals surface area (Å²) in [5, 5.41) is 5.67. The number of esters is 1. The van der Waals surface area contributed by atoms with Gasteiger partial charge < -0.3 is 10.1 Å². The van der Waals surface area contributed by atoms with Gasteiger partial charge in [0, 0.05) is 24.5 Å². The van der Waals surface area contributed by atoms with Crippen LogP contribution in [-0.4, -0.2) is 29.1 Å². The second-order valence-electron chi connectivity index (χ2n) is 4.57. The zero-order chi connectivity index (χ0) is 16.7. The van der Waals surface area contributed by atoms with Crippen molar-refractivity contribution < 1.29 is 14.3 Å². The van der Waals surface area contributed by atoms with Gasteiger partial charge in [-0.1, -0.05) is 12.1 Å². The molecule has 2 N–H and O–H groups in total. The molecule has 1 amide bonds. The van der Waals surface area contributed by atoms with Gasteiger partial charge in [-0.15, -0.1) is 0 Å². The van der Waals surface area contributed by atoms with Gasteiger partial charge in [-0.2, -0.15) is 0 Å². The van der Waals surface area contributed by atoms with Crippen LogP contribution in [-0.2, 0) is 11.3 Å². The van der Waals surface area contributed by atoms with Gasteiger partial charge in [-0.3, -0.25) is 15.1 Å². The molecule has 118 valence electrons. The molecule has 7 heteroatoms. The van der Waals surface area contributed by atoms with Crippen molar-refractivity contribution >= 4 is 29.2 Å². The number of benzene rings is 1. The van der Waals surface area contributed by atoms with Crippen LogP contribution in [0, 0.1) is 0 Å². The predicted molar refractivity (Wildman–Crippen MR) is 88.9 cm³/mol. The molecular formula is C16H15N3O3S. The van der Waals surface area contributed by atoms with Crippen LogP contribution in [0.5, 0.6) is 0 Å². The van der Waals surface area contributed by atoms with Crippen LogP contribution in [0.3, 0.4) is 0 Å². The maximum absolute atomic E-state index is 12.1. The van der Waals surface area contributed by atoms with E-state index >= 15 is 0 Å². The highest BCUT2D eigenvalue weighted by molar-refractivity contribution is 7.80. The van der Waals surface area contributed by atoms with E-state index in [4.69, 9.17) is 12.2 Å². The number of hydrogen-bond acceptors (Lipinski definition) is 5. The van der Waals surface area contributed by atoms with Crippen LogP contribution in [0.4, 0.5) is 0 Å². The van der Waals surface area contributed by atoms with E-state index in [1.54, 1.807) is 30.6 Å². The van der Waals surface area contributed by atoms with Crippen LogP contribution in [0.2, 0.25) is 0 Å². The summed E-state index contributed by atoms with van der Waals surface area (Å²) in [6.07, 6.45) is 3.38. The predicted octanol–water partition coefficient (Wildman–Crippen LogP) is 1.67. The van der Waals surface area contributed by atoms with Crippen molar-refractivity contribution in [3.63, 3.8) is 0 Å². The Labute approximate surface area is 138 Å². The average Bonchev–Trinajstić information content (AvgIpc) is 2.60. The molecule has 0 fully saturated rings. The van der Waals surface area contributed by atoms with Crippen molar-refractivity contribution in [2.45, 2.75) is 6.54 Å². The lowest BCUT2D eigenvalue weighted by molar-refractivity contribution is 0.0600. The smallest absolute Gasteiger partial charge is 0.337 e. The van der Waals surface area contributed by atoms with Gasteiger partial charge in [0.25, 0.3) is 5.91 Å². The third kappa shape index (κ3) is 4.86. The standard InChI is InChI=1S/C16H15N3O3S/c1-22-15(21)13-6-2-5-12(8-13)14(20)19-16(23)18-10-11-4-3-7-17-9-11/h2-9H,10H2,1H3,(H2,18,19,20,23). The third-order valence-corrected chi connectivity index (χ3v) is 3.20. The fourth-order valence-electron chi connectivity index (χ4n) is 1.81. The van der Waals surface area contributed by atoms with Crippen molar-refractivity contribution in [2.24, 2.45) is 0 Å². The summed E-state index contributed by atoms with van der Waals surface area (Å²) >= 11 is 5.08. The Bertz CT molecular complexity index is 720. The quantitative estimate of drug-likeness (QED) is 0.656. The zero-order valence-corrected chi connectivity index (χ0v) is 13.2. The molecule has 0 radical (unpaired) electrons. The fraction of sp³-hybridized carbons (Fsp3) is 0.125. The topological polar surface area (TPSA) is 80.3 Å². The van der Waals surface area contributed by atoms with E-state index in [2.05, 4.69) is 20.4 Å². The van der Waals surface area contributed by atoms with Crippen molar-refractivity contribution in [1.29, 1.82) is 0 Å². The number of methoxy groups -OCH3 is 1. The Morgan fingerprint density at radius 2 is 2.00 bits per heavy atom. The summed E-state index contributed by atoms with van der Waals surface area (Å²) in [4.78, 5) is 27.6. The highest BCUT2D eigenvalue weighted by Crippen LogP contribution is 2.06. The normalized spacial score (nSPS) is 9.78. The minimum atomic E-state index is -0.503. The molecule has 1 heterocycles. The summed E-state index contributed by atoms with van der Waals surface area (Å²) in [5.74, 6) is -0.906. The molecular weight excluding hydrogens is 314 g/mol. The number of aromatic nitrogens is 1. The largest absolute Gasteiger partial charge is 0.465 e. The van der Waals surface area contributed by atoms with Gasteiger partial charge in [0.15, 0.2) is 5.11 Å². The summed E-state index contributed by atoms with van der Waals surface area (Å²) in [6.45, 7) is 0.454. The first-order chi connectivity index (χ1) is 11.1. The molecule has 0 aliphatic heterocycles. The van der Waals surface area contributed by atoms with Gasteiger partial charge in [0.05, 0.1) is 12.7 Å². The first-order valence-corrected chi connectivity index (χ1v) is 7.17. The van der Waals surface area contributed by atoms with Gasteiger partial charge in [-0.25, -0.2) is 4.79 Å². The number of rotatable bonds is 4. The van der Waals surface area contributed by atoms with E-state index < -0.39 is 11.9 Å². The van der Waals surface area contributed by atoms with Crippen LogP contribution in [0.15, 0.2) is 48.8 Å². The van der Waals surface area contributed by atoms with Crippen LogP contribution in [0.1, 0.15) is 26.3 Å². The van der Waals surface area contributed by atoms with Gasteiger partial charge in [0.2, 0.25) is 0 Å². The van der Waals surface area contributed by atoms with Crippen LogP contribution in [0.25, 0.3) is 0 Å². The summed E-state index contributed by atoms with van der Waals surface area (Å²) in [7, 11) is 1.28. The molecule has 0 spiro atoms. The van der Waals surface area contributed by atoms with Crippen molar-refractivity contribution in [3.8, 4) is 0 Å². The molecule has 0 atom stereocenters. The second kappa shape index (κ2) is 8.00. The van der Waals surface area contributed by atoms with Gasteiger partial charge in [-0.05, 0) is 42.0 Å². The molecule has 0 unspecified atom stereocenters. The van der Waals surface area contributed by atoms with Gasteiger partial charge >= 0.3 is 5.97 Å². The third-order valence-electron chi connectivity index (χ3n) is 2.95. The first-order valence-electron chi connectivity index (χ1n) is 6.76. The summed E-state index contributed by atoms with van der Waals surface area (Å²) in [6, 6.07) is 9.92. The van der Waals surface area contributed by atoms with E-state index in [9.17, 15) is 9.59 Å². The molecule has 0 bridgehead atoms. The maximum Gasteiger partial charge on any atom is 0.337 e. The van der Waals surface area contributed by atoms with Crippen molar-refractivity contribution in [1.82, 2.24) is 15.6 Å². The van der Waals surface area contributed by atoms with E-state index in [-0.39, 0.29) is 5.11 Å². The monoisotopic (exact) mass is 329 g/mol. The van der Waals surface area contributed by atoms with Crippen molar-refractivity contribution in [3.05, 3.63) is 65.5 Å². The van der Waals surface area contributed by atoms with E-state index in [0.29, 0.717) is 17.7 Å². The molecule has 6 nitrogen and oxygen atoms in total. The number of ether oxygens (including phenoxy) is 1. The maximum atomic E-state index is 12.1. The minimum Gasteiger partial charge on any atom is -0.465 e. The molecule has 0 aliphatic rings. The lowest BCUT2D eigenvalue weighted by Gasteiger charge is -2.10. The number of carbonyl (C=O) groups excluding carboxylic acids is 2. The Balaban J connectivity index is 1.93. The number of pyridine rings is 1. The molecule has 2 aromatic rings. The van der Waals surface area contributed by atoms with Crippen LogP contribution >= 0.6 is 12.2 Å². The summed E-state index contributed by atoms with van der Waals surface area (Å²) in [5.41, 5.74) is 1.56. The Morgan fingerprint density at radius 3 is 2.70 bits per heavy atom. The molecule has 2 rings (SSSR count). The fourth-order valence-corrected chi connectivity index (χ4v) is 1.97. The average molecular weight is 329 g/mol. The number of hydrogen-bond donors (Lipinski definition) is 2. The number of thiocarbonyl (C=S) groups is 1. The van der Waals surface area contributed by atoms with Crippen LogP contribution < -0.4 is 10.6 Å². The molecule has 0 saturated heterocycles. The molecule has 23 heavy (non-hydrogen) atoms. The number of carbonyl (C=O) groups is 2. The lowest BCUT2D eigenvalue weighted by atomic mass is 10.1. The second-order valence-corrected chi connectivity index (χ2v) is 4.98. The SMILES string of the molecule is COC(=O)c1cccc(C(=O)NC(=S)NCc2cccnc2)c1. The molecule has 1 aromatic heterocycles. The number of nitrogens with one attached hydrogen (secondary N) is 2. The minimum absolute atomic E-state index is 0.197. The summed E-state index contributed by atoms with van der Waals surface area (Å²) < 4.78 is 4.62. The Morgan fingerprint density at radius 1 is 1.22 bits per heavy atom. The van der Waals surface area contributed by atoms with E-state index in [1.165, 1.54) is 13.2 Å². The highest BCUT2D eigenvalue weighted by atomic mass is 32.1. The Kier molecular flexibility index (Phi) is 5.76. The lowest BCUT2D eigenvalue weighted by Crippen LogP contribution is -2.38. The molecule has 0 aliphatic carbocycles. The zero-order valence-electron chi connectivity index (χ0n) is 12.4. The number of nitrogens with zero attached hydrogens (tertiary/aromatic N) is 1. The highest BCUT2D eigenvalue weighted by Gasteiger charge is 2.11. The Hall–Kier alpha value is -2.80. The van der Waals surface area contributed by atoms with E-state index in [1.807, 2.05) is 12.1 Å². The first kappa shape index (κ1) is 16.6. The number of amides is 1. The molecule has 0 saturated carbocycles.